The maximum atomic E-state index is 16.3. The van der Waals surface area contributed by atoms with Gasteiger partial charge in [0.15, 0.2) is 0 Å². The van der Waals surface area contributed by atoms with Crippen LogP contribution in [0, 0.1) is 0 Å². The monoisotopic (exact) mass is 871 g/mol. The second-order valence-electron chi connectivity index (χ2n) is 18.2. The molecule has 0 spiro atoms. The van der Waals surface area contributed by atoms with Crippen LogP contribution in [0.1, 0.15) is 112 Å². The minimum atomic E-state index is -0.169. The van der Waals surface area contributed by atoms with Crippen LogP contribution in [0.5, 0.6) is 0 Å². The molecule has 8 rings (SSSR count). The van der Waals surface area contributed by atoms with Crippen molar-refractivity contribution in [2.24, 2.45) is 0 Å². The number of hydrogen-bond donors (Lipinski definition) is 0. The van der Waals surface area contributed by atoms with Crippen molar-refractivity contribution in [3.63, 3.8) is 0 Å². The Morgan fingerprint density at radius 2 is 0.591 bits per heavy atom. The van der Waals surface area contributed by atoms with Crippen molar-refractivity contribution in [1.82, 2.24) is 9.13 Å². The average molecular weight is 871 g/mol. The van der Waals surface area contributed by atoms with Gasteiger partial charge in [-0.25, -0.2) is 0 Å². The topological polar surface area (TPSA) is 44.0 Å². The molecule has 0 saturated carbocycles. The Kier molecular flexibility index (Phi) is 15.4. The lowest BCUT2D eigenvalue weighted by atomic mass is 9.87. The Balaban J connectivity index is 1.57. The third-order valence-electron chi connectivity index (χ3n) is 13.3. The predicted molar refractivity (Wildman–Crippen MR) is 280 cm³/mol. The molecule has 0 bridgehead atoms. The highest BCUT2D eigenvalue weighted by Crippen LogP contribution is 2.43. The SMILES string of the molecule is CCCCc1ccc(-c2c(-c3ccc(CCCC)cc3)n(Cc3ccccc3)c(=O)c3c(-c4ccc(CCCC)cc4)c(-c4ccc(CCCC)cc4)n(Cc4ccccc4)c(=O)c23)cc1. The van der Waals surface area contributed by atoms with Crippen molar-refractivity contribution in [1.29, 1.82) is 0 Å². The summed E-state index contributed by atoms with van der Waals surface area (Å²) in [6.45, 7) is 9.57. The van der Waals surface area contributed by atoms with Crippen LogP contribution in [0.4, 0.5) is 0 Å². The molecule has 336 valence electrons. The Labute approximate surface area is 392 Å². The number of rotatable bonds is 20. The molecule has 0 unspecified atom stereocenters. The molecule has 0 atom stereocenters. The summed E-state index contributed by atoms with van der Waals surface area (Å²) in [6, 6.07) is 55.6. The maximum absolute atomic E-state index is 16.3. The molecular formula is C62H66N2O2. The van der Waals surface area contributed by atoms with Gasteiger partial charge in [-0.2, -0.15) is 0 Å². The van der Waals surface area contributed by atoms with Crippen molar-refractivity contribution in [2.45, 2.75) is 118 Å². The highest BCUT2D eigenvalue weighted by molar-refractivity contribution is 6.10. The lowest BCUT2D eigenvalue weighted by Crippen LogP contribution is -2.31. The van der Waals surface area contributed by atoms with E-state index in [2.05, 4.69) is 149 Å². The molecule has 2 heterocycles. The van der Waals surface area contributed by atoms with Crippen LogP contribution in [-0.2, 0) is 38.8 Å². The van der Waals surface area contributed by atoms with E-state index in [0.717, 1.165) is 133 Å². The molecule has 66 heavy (non-hydrogen) atoms. The van der Waals surface area contributed by atoms with Crippen LogP contribution in [0.15, 0.2) is 167 Å². The molecule has 4 nitrogen and oxygen atoms in total. The van der Waals surface area contributed by atoms with Crippen LogP contribution >= 0.6 is 0 Å². The summed E-state index contributed by atoms with van der Waals surface area (Å²) in [6.07, 6.45) is 12.8. The van der Waals surface area contributed by atoms with Gasteiger partial charge in [0, 0.05) is 11.1 Å². The van der Waals surface area contributed by atoms with Gasteiger partial charge in [-0.15, -0.1) is 0 Å². The van der Waals surface area contributed by atoms with Crippen LogP contribution in [0.3, 0.4) is 0 Å². The van der Waals surface area contributed by atoms with E-state index < -0.39 is 0 Å². The molecule has 0 saturated heterocycles. The van der Waals surface area contributed by atoms with E-state index in [1.807, 2.05) is 45.5 Å². The second-order valence-corrected chi connectivity index (χ2v) is 18.2. The molecule has 0 fully saturated rings. The average Bonchev–Trinajstić information content (AvgIpc) is 3.36. The lowest BCUT2D eigenvalue weighted by Gasteiger charge is -2.26. The van der Waals surface area contributed by atoms with E-state index in [1.165, 1.54) is 22.3 Å². The Morgan fingerprint density at radius 3 is 0.864 bits per heavy atom. The van der Waals surface area contributed by atoms with Gasteiger partial charge in [-0.3, -0.25) is 9.59 Å². The fourth-order valence-electron chi connectivity index (χ4n) is 9.51. The summed E-state index contributed by atoms with van der Waals surface area (Å²) in [5.74, 6) is 0. The zero-order valence-electron chi connectivity index (χ0n) is 39.6. The highest BCUT2D eigenvalue weighted by atomic mass is 16.1. The largest absolute Gasteiger partial charge is 0.303 e. The molecule has 2 aromatic heterocycles. The number of benzene rings is 6. The van der Waals surface area contributed by atoms with Crippen molar-refractivity contribution >= 4 is 10.8 Å². The van der Waals surface area contributed by atoms with Gasteiger partial charge >= 0.3 is 0 Å². The molecule has 0 aliphatic heterocycles. The van der Waals surface area contributed by atoms with E-state index in [9.17, 15) is 0 Å². The lowest BCUT2D eigenvalue weighted by molar-refractivity contribution is 0.765. The van der Waals surface area contributed by atoms with Gasteiger partial charge < -0.3 is 9.13 Å². The van der Waals surface area contributed by atoms with Crippen molar-refractivity contribution in [3.8, 4) is 44.8 Å². The second kappa shape index (κ2) is 22.1. The van der Waals surface area contributed by atoms with Gasteiger partial charge in [0.25, 0.3) is 11.1 Å². The van der Waals surface area contributed by atoms with Crippen LogP contribution < -0.4 is 11.1 Å². The third kappa shape index (κ3) is 10.3. The van der Waals surface area contributed by atoms with Gasteiger partial charge in [-0.1, -0.05) is 211 Å². The van der Waals surface area contributed by atoms with Crippen molar-refractivity contribution < 1.29 is 0 Å². The highest BCUT2D eigenvalue weighted by Gasteiger charge is 2.29. The summed E-state index contributed by atoms with van der Waals surface area (Å²) < 4.78 is 3.94. The predicted octanol–water partition coefficient (Wildman–Crippen LogP) is 15.3. The molecule has 4 heteroatoms. The molecule has 8 aromatic rings. The fourth-order valence-corrected chi connectivity index (χ4v) is 9.51. The third-order valence-corrected chi connectivity index (χ3v) is 13.3. The van der Waals surface area contributed by atoms with E-state index in [-0.39, 0.29) is 11.1 Å². The summed E-state index contributed by atoms with van der Waals surface area (Å²) in [5.41, 5.74) is 13.5. The minimum absolute atomic E-state index is 0.169. The Hall–Kier alpha value is -6.52. The van der Waals surface area contributed by atoms with Crippen molar-refractivity contribution in [2.75, 3.05) is 0 Å². The van der Waals surface area contributed by atoms with E-state index in [0.29, 0.717) is 23.9 Å². The van der Waals surface area contributed by atoms with Gasteiger partial charge in [0.2, 0.25) is 0 Å². The summed E-state index contributed by atoms with van der Waals surface area (Å²) in [5, 5.41) is 0.917. The van der Waals surface area contributed by atoms with E-state index in [1.54, 1.807) is 0 Å². The van der Waals surface area contributed by atoms with Gasteiger partial charge in [0.05, 0.1) is 35.2 Å². The van der Waals surface area contributed by atoms with Crippen LogP contribution in [-0.4, -0.2) is 9.13 Å². The summed E-state index contributed by atoms with van der Waals surface area (Å²) in [4.78, 5) is 32.6. The Bertz CT molecular complexity index is 2740. The number of unbranched alkanes of at least 4 members (excludes halogenated alkanes) is 4. The van der Waals surface area contributed by atoms with Crippen LogP contribution in [0.2, 0.25) is 0 Å². The van der Waals surface area contributed by atoms with E-state index >= 15 is 9.59 Å². The Morgan fingerprint density at radius 1 is 0.318 bits per heavy atom. The number of hydrogen-bond acceptors (Lipinski definition) is 2. The van der Waals surface area contributed by atoms with Crippen molar-refractivity contribution in [3.05, 3.63) is 212 Å². The molecule has 0 radical (unpaired) electrons. The molecule has 0 aliphatic rings. The summed E-state index contributed by atoms with van der Waals surface area (Å²) in [7, 11) is 0. The molecule has 0 N–H and O–H groups in total. The minimum Gasteiger partial charge on any atom is -0.303 e. The zero-order valence-corrected chi connectivity index (χ0v) is 39.6. The first kappa shape index (κ1) is 46.0. The number of aryl methyl sites for hydroxylation is 4. The van der Waals surface area contributed by atoms with Gasteiger partial charge in [-0.05, 0) is 107 Å². The quantitative estimate of drug-likeness (QED) is 0.0766. The first-order valence-corrected chi connectivity index (χ1v) is 24.7. The summed E-state index contributed by atoms with van der Waals surface area (Å²) >= 11 is 0. The van der Waals surface area contributed by atoms with E-state index in [4.69, 9.17) is 0 Å². The fraction of sp³-hybridized carbons (Fsp3) is 0.290. The smallest absolute Gasteiger partial charge is 0.260 e. The first-order chi connectivity index (χ1) is 32.4. The molecule has 0 aliphatic carbocycles. The van der Waals surface area contributed by atoms with Gasteiger partial charge in [0.1, 0.15) is 0 Å². The maximum Gasteiger partial charge on any atom is 0.260 e. The number of aromatic nitrogens is 2. The normalized spacial score (nSPS) is 11.4. The molecule has 6 aromatic carbocycles. The van der Waals surface area contributed by atoms with Crippen LogP contribution in [0.25, 0.3) is 55.5 Å². The first-order valence-electron chi connectivity index (χ1n) is 24.7. The number of nitrogens with zero attached hydrogens (tertiary/aromatic N) is 2. The molecule has 0 amide bonds. The zero-order chi connectivity index (χ0) is 45.8. The number of fused-ring (bicyclic) bond motifs is 1. The number of pyridine rings is 2. The molecular weight excluding hydrogens is 805 g/mol. The standard InChI is InChI=1S/C62H66N2O2/c1-5-9-19-45-27-35-51(36-28-45)55-57-58(62(66)63(43-49-23-15-13-16-24-49)59(55)53-39-31-47(32-40-53)21-11-7-3)56(52-37-29-46(30-38-52)20-10-6-2)60(54-41-33-48(34-42-54)22-12-8-4)64(61(57)65)44-50-25-17-14-18-26-50/h13-18,23-42H,5-12,19-22,43-44H2,1-4H3.